The van der Waals surface area contributed by atoms with Gasteiger partial charge in [-0.3, -0.25) is 4.79 Å². The molecule has 0 bridgehead atoms. The number of fused-ring (bicyclic) bond motifs is 5. The molecule has 3 saturated carbocycles. The fourth-order valence-corrected chi connectivity index (χ4v) is 7.87. The minimum Gasteiger partial charge on any atom is -0.378 e. The van der Waals surface area contributed by atoms with Crippen LogP contribution in [0, 0.1) is 34.5 Å². The summed E-state index contributed by atoms with van der Waals surface area (Å²) in [6.45, 7) is 10.6. The Morgan fingerprint density at radius 2 is 1.92 bits per heavy atom. The molecule has 1 N–H and O–H groups in total. The van der Waals surface area contributed by atoms with Crippen molar-refractivity contribution >= 4 is 5.91 Å². The lowest BCUT2D eigenvalue weighted by Gasteiger charge is -2.60. The van der Waals surface area contributed by atoms with Crippen molar-refractivity contribution in [3.05, 3.63) is 0 Å². The molecule has 4 fully saturated rings. The minimum atomic E-state index is 0.284. The van der Waals surface area contributed by atoms with Crippen LogP contribution in [0.25, 0.3) is 0 Å². The van der Waals surface area contributed by atoms with E-state index in [0.29, 0.717) is 23.0 Å². The molecule has 0 unspecified atom stereocenters. The fraction of sp³-hybridized carbons (Fsp3) is 0.957. The second kappa shape index (κ2) is 6.79. The van der Waals surface area contributed by atoms with Gasteiger partial charge in [0.25, 0.3) is 0 Å². The van der Waals surface area contributed by atoms with Crippen LogP contribution in [0.4, 0.5) is 0 Å². The van der Waals surface area contributed by atoms with Crippen LogP contribution in [-0.2, 0) is 9.53 Å². The maximum absolute atomic E-state index is 12.0. The zero-order chi connectivity index (χ0) is 18.5. The first-order valence-corrected chi connectivity index (χ1v) is 11.3. The fourth-order valence-electron chi connectivity index (χ4n) is 7.87. The Hall–Kier alpha value is -0.570. The van der Waals surface area contributed by atoms with Crippen LogP contribution in [0.5, 0.6) is 0 Å². The van der Waals surface area contributed by atoms with Crippen LogP contribution in [0.15, 0.2) is 0 Å². The van der Waals surface area contributed by atoms with E-state index >= 15 is 0 Å². The van der Waals surface area contributed by atoms with Gasteiger partial charge >= 0.3 is 0 Å². The molecule has 1 amide bonds. The first kappa shape index (κ1) is 18.8. The lowest BCUT2D eigenvalue weighted by molar-refractivity contribution is -0.143. The van der Waals surface area contributed by atoms with Crippen LogP contribution in [0.3, 0.4) is 0 Å². The first-order valence-electron chi connectivity index (χ1n) is 11.3. The van der Waals surface area contributed by atoms with E-state index in [4.69, 9.17) is 4.74 Å². The summed E-state index contributed by atoms with van der Waals surface area (Å²) in [5, 5.41) is 3.36. The third-order valence-corrected chi connectivity index (χ3v) is 9.20. The molecule has 1 saturated heterocycles. The smallest absolute Gasteiger partial charge is 0.220 e. The molecule has 4 rings (SSSR count). The summed E-state index contributed by atoms with van der Waals surface area (Å²) < 4.78 is 6.43. The van der Waals surface area contributed by atoms with E-state index in [9.17, 15) is 4.79 Å². The van der Waals surface area contributed by atoms with Crippen molar-refractivity contribution in [1.82, 2.24) is 5.32 Å². The van der Waals surface area contributed by atoms with Crippen LogP contribution in [-0.4, -0.2) is 24.7 Å². The molecule has 4 aliphatic rings. The number of amides is 1. The molecule has 0 aromatic carbocycles. The molecule has 26 heavy (non-hydrogen) atoms. The number of rotatable bonds is 4. The highest BCUT2D eigenvalue weighted by Gasteiger charge is 2.62. The van der Waals surface area contributed by atoms with Crippen molar-refractivity contribution < 1.29 is 9.53 Å². The molecule has 3 aliphatic carbocycles. The van der Waals surface area contributed by atoms with Gasteiger partial charge < -0.3 is 10.1 Å². The highest BCUT2D eigenvalue weighted by atomic mass is 16.5. The topological polar surface area (TPSA) is 38.3 Å². The third-order valence-electron chi connectivity index (χ3n) is 9.20. The van der Waals surface area contributed by atoms with Crippen molar-refractivity contribution in [3.8, 4) is 0 Å². The average Bonchev–Trinajstić information content (AvgIpc) is 2.92. The molecule has 0 aromatic heterocycles. The predicted octanol–water partition coefficient (Wildman–Crippen LogP) is 4.94. The summed E-state index contributed by atoms with van der Waals surface area (Å²) in [6.07, 6.45) is 11.1. The van der Waals surface area contributed by atoms with E-state index in [1.807, 2.05) is 0 Å². The van der Waals surface area contributed by atoms with Crippen molar-refractivity contribution in [2.45, 2.75) is 97.6 Å². The Labute approximate surface area is 160 Å². The second-order valence-electron chi connectivity index (χ2n) is 10.3. The Bertz CT molecular complexity index is 548. The number of hydrogen-bond acceptors (Lipinski definition) is 2. The molecule has 0 spiro atoms. The van der Waals surface area contributed by atoms with Crippen LogP contribution in [0.2, 0.25) is 0 Å². The van der Waals surface area contributed by atoms with E-state index in [1.54, 1.807) is 0 Å². The molecule has 8 atom stereocenters. The van der Waals surface area contributed by atoms with Gasteiger partial charge in [-0.15, -0.1) is 0 Å². The van der Waals surface area contributed by atoms with Crippen LogP contribution < -0.4 is 5.32 Å². The maximum Gasteiger partial charge on any atom is 0.220 e. The van der Waals surface area contributed by atoms with E-state index in [-0.39, 0.29) is 5.91 Å². The lowest BCUT2D eigenvalue weighted by atomic mass is 9.46. The molecule has 1 heterocycles. The van der Waals surface area contributed by atoms with Gasteiger partial charge in [0.1, 0.15) is 0 Å². The Morgan fingerprint density at radius 1 is 1.12 bits per heavy atom. The van der Waals surface area contributed by atoms with Gasteiger partial charge in [0.15, 0.2) is 0 Å². The Morgan fingerprint density at radius 3 is 2.65 bits per heavy atom. The number of ether oxygens (including phenoxy) is 1. The second-order valence-corrected chi connectivity index (χ2v) is 10.3. The Balaban J connectivity index is 1.61. The third kappa shape index (κ3) is 2.67. The van der Waals surface area contributed by atoms with Gasteiger partial charge in [0.2, 0.25) is 5.91 Å². The highest BCUT2D eigenvalue weighted by molar-refractivity contribution is 5.77. The average molecular weight is 362 g/mol. The summed E-state index contributed by atoms with van der Waals surface area (Å²) >= 11 is 0. The van der Waals surface area contributed by atoms with Crippen LogP contribution >= 0.6 is 0 Å². The molecule has 3 nitrogen and oxygen atoms in total. The highest BCUT2D eigenvalue weighted by Crippen LogP contribution is 2.66. The van der Waals surface area contributed by atoms with Crippen molar-refractivity contribution in [3.63, 3.8) is 0 Å². The Kier molecular flexibility index (Phi) is 4.91. The van der Waals surface area contributed by atoms with Gasteiger partial charge in [-0.05, 0) is 79.4 Å². The van der Waals surface area contributed by atoms with Gasteiger partial charge in [0, 0.05) is 19.1 Å². The molecule has 3 heteroatoms. The minimum absolute atomic E-state index is 0.284. The van der Waals surface area contributed by atoms with Gasteiger partial charge in [-0.2, -0.15) is 0 Å². The van der Waals surface area contributed by atoms with Crippen molar-refractivity contribution in [2.24, 2.45) is 34.5 Å². The van der Waals surface area contributed by atoms with E-state index < -0.39 is 0 Å². The van der Waals surface area contributed by atoms with Gasteiger partial charge in [0.05, 0.1) is 6.10 Å². The standard InChI is InChI=1S/C23H39NO2/c1-5-13-26-19-14-15(6-2)21-16-7-8-18-22(3,12-10-20(25)24-18)17(16)9-11-23(19,21)4/h15-19,21H,5-14H2,1-4H3,(H,24,25)/t15-,16-,17+,18-,19+,21+,22-,23-/m1/s1. The maximum atomic E-state index is 12.0. The van der Waals surface area contributed by atoms with Crippen molar-refractivity contribution in [1.29, 1.82) is 0 Å². The quantitative estimate of drug-likeness (QED) is 0.770. The molecular weight excluding hydrogens is 322 g/mol. The summed E-state index contributed by atoms with van der Waals surface area (Å²) in [6, 6.07) is 0.419. The molecule has 148 valence electrons. The number of nitrogens with one attached hydrogen (secondary N) is 1. The molecule has 0 aromatic rings. The number of piperidine rings is 1. The summed E-state index contributed by atoms with van der Waals surface area (Å²) in [7, 11) is 0. The van der Waals surface area contributed by atoms with E-state index in [1.165, 1.54) is 38.5 Å². The van der Waals surface area contributed by atoms with E-state index in [2.05, 4.69) is 33.0 Å². The van der Waals surface area contributed by atoms with Gasteiger partial charge in [-0.1, -0.05) is 34.1 Å². The molecule has 0 radical (unpaired) electrons. The van der Waals surface area contributed by atoms with Crippen LogP contribution in [0.1, 0.15) is 85.5 Å². The number of carbonyl (C=O) groups is 1. The summed E-state index contributed by atoms with van der Waals surface area (Å²) in [5.74, 6) is 3.56. The predicted molar refractivity (Wildman–Crippen MR) is 105 cm³/mol. The summed E-state index contributed by atoms with van der Waals surface area (Å²) in [4.78, 5) is 12.0. The first-order chi connectivity index (χ1) is 12.4. The normalized spacial score (nSPS) is 50.5. The largest absolute Gasteiger partial charge is 0.378 e. The van der Waals surface area contributed by atoms with E-state index in [0.717, 1.165) is 49.5 Å². The SMILES string of the molecule is CCCO[C@H]1C[C@@H](CC)[C@H]2[C@@H]3CC[C@H]4NC(=O)CC[C@]4(C)[C@H]3CC[C@@]21C. The molecule has 1 aliphatic heterocycles. The monoisotopic (exact) mass is 361 g/mol. The summed E-state index contributed by atoms with van der Waals surface area (Å²) in [5.41, 5.74) is 0.691. The number of hydrogen-bond donors (Lipinski definition) is 1. The molecular formula is C23H39NO2. The number of carbonyl (C=O) groups excluding carboxylic acids is 1. The van der Waals surface area contributed by atoms with Gasteiger partial charge in [-0.25, -0.2) is 0 Å². The zero-order valence-electron chi connectivity index (χ0n) is 17.4. The zero-order valence-corrected chi connectivity index (χ0v) is 17.4. The van der Waals surface area contributed by atoms with Crippen molar-refractivity contribution in [2.75, 3.05) is 6.61 Å². The lowest BCUT2D eigenvalue weighted by Crippen LogP contribution is -2.61.